The molecule has 0 radical (unpaired) electrons. The minimum absolute atomic E-state index is 0.0173. The summed E-state index contributed by atoms with van der Waals surface area (Å²) in [5.74, 6) is 1.33. The number of imidazole rings is 1. The highest BCUT2D eigenvalue weighted by Crippen LogP contribution is 2.47. The van der Waals surface area contributed by atoms with Crippen molar-refractivity contribution < 1.29 is 13.6 Å². The number of halogens is 1. The molecule has 6 heteroatoms. The number of carbonyl (C=O) groups is 1. The summed E-state index contributed by atoms with van der Waals surface area (Å²) in [5, 5.41) is 2.88. The van der Waals surface area contributed by atoms with E-state index in [9.17, 15) is 9.18 Å². The van der Waals surface area contributed by atoms with Crippen molar-refractivity contribution in [3.8, 4) is 5.69 Å². The third kappa shape index (κ3) is 3.07. The standard InChI is InChI=1S/C19H18FN3O2/c1-12-21-6-7-23(12)17-5-4-13(9-16(17)20)11-22-19(24)15-10-14(15)18-3-2-8-25-18/h2-9,14-15H,10-11H2,1H3,(H,22,24)/t14-,15+/m0/s1. The van der Waals surface area contributed by atoms with Gasteiger partial charge in [-0.15, -0.1) is 0 Å². The molecule has 0 spiro atoms. The molecule has 2 heterocycles. The Hall–Kier alpha value is -2.89. The van der Waals surface area contributed by atoms with Crippen LogP contribution < -0.4 is 5.32 Å². The Balaban J connectivity index is 1.38. The van der Waals surface area contributed by atoms with E-state index in [0.29, 0.717) is 12.2 Å². The second kappa shape index (κ2) is 6.20. The number of aryl methyl sites for hydroxylation is 1. The van der Waals surface area contributed by atoms with Crippen molar-refractivity contribution in [2.75, 3.05) is 0 Å². The SMILES string of the molecule is Cc1nccn1-c1ccc(CNC(=O)[C@@H]2C[C@@H]2c2ccco2)cc1F. The van der Waals surface area contributed by atoms with Crippen LogP contribution in [0.15, 0.2) is 53.4 Å². The van der Waals surface area contributed by atoms with Gasteiger partial charge in [-0.05, 0) is 43.2 Å². The van der Waals surface area contributed by atoms with Gasteiger partial charge in [-0.1, -0.05) is 6.07 Å². The average Bonchev–Trinajstić information content (AvgIpc) is 3.01. The van der Waals surface area contributed by atoms with E-state index in [-0.39, 0.29) is 23.6 Å². The predicted octanol–water partition coefficient (Wildman–Crippen LogP) is 3.33. The largest absolute Gasteiger partial charge is 0.469 e. The second-order valence-electron chi connectivity index (χ2n) is 6.31. The summed E-state index contributed by atoms with van der Waals surface area (Å²) in [4.78, 5) is 16.3. The molecule has 25 heavy (non-hydrogen) atoms. The van der Waals surface area contributed by atoms with Crippen molar-refractivity contribution in [3.05, 3.63) is 72.0 Å². The molecule has 4 rings (SSSR count). The predicted molar refractivity (Wildman–Crippen MR) is 89.7 cm³/mol. The van der Waals surface area contributed by atoms with Crippen LogP contribution in [0.1, 0.15) is 29.5 Å². The summed E-state index contributed by atoms with van der Waals surface area (Å²) in [5.41, 5.74) is 1.17. The summed E-state index contributed by atoms with van der Waals surface area (Å²) < 4.78 is 21.4. The maximum atomic E-state index is 14.4. The van der Waals surface area contributed by atoms with Gasteiger partial charge in [0.1, 0.15) is 17.4 Å². The molecule has 3 aromatic rings. The maximum Gasteiger partial charge on any atom is 0.224 e. The highest BCUT2D eigenvalue weighted by molar-refractivity contribution is 5.82. The van der Waals surface area contributed by atoms with Crippen LogP contribution >= 0.6 is 0 Å². The number of aromatic nitrogens is 2. The van der Waals surface area contributed by atoms with Gasteiger partial charge in [0.25, 0.3) is 0 Å². The lowest BCUT2D eigenvalue weighted by Gasteiger charge is -2.09. The van der Waals surface area contributed by atoms with Crippen LogP contribution in [0.5, 0.6) is 0 Å². The van der Waals surface area contributed by atoms with Crippen molar-refractivity contribution in [2.45, 2.75) is 25.8 Å². The average molecular weight is 339 g/mol. The minimum Gasteiger partial charge on any atom is -0.469 e. The second-order valence-corrected chi connectivity index (χ2v) is 6.31. The first-order chi connectivity index (χ1) is 12.1. The van der Waals surface area contributed by atoms with Crippen LogP contribution in [0.3, 0.4) is 0 Å². The van der Waals surface area contributed by atoms with Crippen molar-refractivity contribution in [1.82, 2.24) is 14.9 Å². The molecule has 0 unspecified atom stereocenters. The molecule has 1 aliphatic carbocycles. The van der Waals surface area contributed by atoms with Gasteiger partial charge >= 0.3 is 0 Å². The summed E-state index contributed by atoms with van der Waals surface area (Å²) >= 11 is 0. The number of hydrogen-bond acceptors (Lipinski definition) is 3. The van der Waals surface area contributed by atoms with Gasteiger partial charge in [0, 0.05) is 30.8 Å². The number of benzene rings is 1. The third-order valence-electron chi connectivity index (χ3n) is 4.60. The Morgan fingerprint density at radius 1 is 1.44 bits per heavy atom. The molecule has 1 aliphatic rings. The Kier molecular flexibility index (Phi) is 3.87. The fourth-order valence-corrected chi connectivity index (χ4v) is 3.11. The van der Waals surface area contributed by atoms with E-state index >= 15 is 0 Å². The van der Waals surface area contributed by atoms with Crippen LogP contribution in [-0.4, -0.2) is 15.5 Å². The van der Waals surface area contributed by atoms with Gasteiger partial charge in [0.2, 0.25) is 5.91 Å². The summed E-state index contributed by atoms with van der Waals surface area (Å²) in [7, 11) is 0. The molecule has 1 N–H and O–H groups in total. The molecule has 128 valence electrons. The number of rotatable bonds is 5. The van der Waals surface area contributed by atoms with Gasteiger partial charge < -0.3 is 14.3 Å². The van der Waals surface area contributed by atoms with Gasteiger partial charge in [0.15, 0.2) is 0 Å². The highest BCUT2D eigenvalue weighted by atomic mass is 19.1. The van der Waals surface area contributed by atoms with Gasteiger partial charge in [-0.2, -0.15) is 0 Å². The number of amides is 1. The zero-order chi connectivity index (χ0) is 17.4. The number of carbonyl (C=O) groups excluding carboxylic acids is 1. The molecule has 2 aromatic heterocycles. The highest BCUT2D eigenvalue weighted by Gasteiger charge is 2.45. The first-order valence-corrected chi connectivity index (χ1v) is 8.23. The number of furan rings is 1. The Labute approximate surface area is 144 Å². The fraction of sp³-hybridized carbons (Fsp3) is 0.263. The van der Waals surface area contributed by atoms with E-state index in [2.05, 4.69) is 10.3 Å². The van der Waals surface area contributed by atoms with Gasteiger partial charge in [-0.25, -0.2) is 9.37 Å². The molecule has 2 atom stereocenters. The summed E-state index contributed by atoms with van der Waals surface area (Å²) in [6.45, 7) is 2.12. The molecule has 0 aliphatic heterocycles. The third-order valence-corrected chi connectivity index (χ3v) is 4.60. The molecular formula is C19H18FN3O2. The molecule has 0 bridgehead atoms. The Morgan fingerprint density at radius 2 is 2.32 bits per heavy atom. The lowest BCUT2D eigenvalue weighted by molar-refractivity contribution is -0.122. The zero-order valence-corrected chi connectivity index (χ0v) is 13.8. The van der Waals surface area contributed by atoms with E-state index in [4.69, 9.17) is 4.42 Å². The lowest BCUT2D eigenvalue weighted by Crippen LogP contribution is -2.25. The first-order valence-electron chi connectivity index (χ1n) is 8.23. The molecule has 1 aromatic carbocycles. The van der Waals surface area contributed by atoms with E-state index < -0.39 is 0 Å². The topological polar surface area (TPSA) is 60.1 Å². The number of hydrogen-bond donors (Lipinski definition) is 1. The van der Waals surface area contributed by atoms with Crippen LogP contribution in [0, 0.1) is 18.7 Å². The smallest absolute Gasteiger partial charge is 0.224 e. The van der Waals surface area contributed by atoms with Gasteiger partial charge in [-0.3, -0.25) is 4.79 Å². The van der Waals surface area contributed by atoms with Crippen molar-refractivity contribution in [3.63, 3.8) is 0 Å². The van der Waals surface area contributed by atoms with Gasteiger partial charge in [0.05, 0.1) is 12.0 Å². The lowest BCUT2D eigenvalue weighted by atomic mass is 10.2. The molecule has 0 saturated heterocycles. The van der Waals surface area contributed by atoms with Crippen LogP contribution in [0.4, 0.5) is 4.39 Å². The van der Waals surface area contributed by atoms with Crippen LogP contribution in [0.2, 0.25) is 0 Å². The molecular weight excluding hydrogens is 321 g/mol. The van der Waals surface area contributed by atoms with Crippen molar-refractivity contribution in [1.29, 1.82) is 0 Å². The van der Waals surface area contributed by atoms with Crippen LogP contribution in [-0.2, 0) is 11.3 Å². The molecule has 5 nitrogen and oxygen atoms in total. The Morgan fingerprint density at radius 3 is 3.00 bits per heavy atom. The quantitative estimate of drug-likeness (QED) is 0.776. The van der Waals surface area contributed by atoms with E-state index in [1.165, 1.54) is 6.07 Å². The maximum absolute atomic E-state index is 14.4. The molecule has 1 amide bonds. The Bertz CT molecular complexity index is 901. The fourth-order valence-electron chi connectivity index (χ4n) is 3.11. The first kappa shape index (κ1) is 15.6. The number of nitrogens with zero attached hydrogens (tertiary/aromatic N) is 2. The zero-order valence-electron chi connectivity index (χ0n) is 13.8. The van der Waals surface area contributed by atoms with Crippen molar-refractivity contribution >= 4 is 5.91 Å². The minimum atomic E-state index is -0.340. The van der Waals surface area contributed by atoms with E-state index in [1.807, 2.05) is 25.1 Å². The molecule has 1 fully saturated rings. The monoisotopic (exact) mass is 339 g/mol. The van der Waals surface area contributed by atoms with Crippen molar-refractivity contribution in [2.24, 2.45) is 5.92 Å². The summed E-state index contributed by atoms with van der Waals surface area (Å²) in [6, 6.07) is 8.69. The van der Waals surface area contributed by atoms with E-state index in [0.717, 1.165) is 23.6 Å². The normalized spacial score (nSPS) is 19.0. The van der Waals surface area contributed by atoms with E-state index in [1.54, 1.807) is 29.3 Å². The molecule has 1 saturated carbocycles. The summed E-state index contributed by atoms with van der Waals surface area (Å²) in [6.07, 6.45) is 5.77. The number of nitrogens with one attached hydrogen (secondary N) is 1. The van der Waals surface area contributed by atoms with Crippen LogP contribution in [0.25, 0.3) is 5.69 Å².